The van der Waals surface area contributed by atoms with Gasteiger partial charge in [0.15, 0.2) is 10.7 Å². The van der Waals surface area contributed by atoms with Gasteiger partial charge in [0.05, 0.1) is 11.9 Å². The zero-order valence-electron chi connectivity index (χ0n) is 14.8. The van der Waals surface area contributed by atoms with Crippen LogP contribution in [0.5, 0.6) is 0 Å². The summed E-state index contributed by atoms with van der Waals surface area (Å²) in [5.41, 5.74) is 2.38. The van der Waals surface area contributed by atoms with Crippen LogP contribution in [0.2, 0.25) is 0 Å². The quantitative estimate of drug-likeness (QED) is 0.715. The van der Waals surface area contributed by atoms with E-state index in [1.165, 1.54) is 5.56 Å². The average molecular weight is 372 g/mol. The molecule has 0 unspecified atom stereocenters. The Kier molecular flexibility index (Phi) is 4.94. The molecule has 0 amide bonds. The number of aryl methyl sites for hydroxylation is 2. The van der Waals surface area contributed by atoms with Gasteiger partial charge in [-0.15, -0.1) is 0 Å². The number of aromatic nitrogens is 2. The van der Waals surface area contributed by atoms with Crippen molar-refractivity contribution in [2.45, 2.75) is 25.3 Å². The molecule has 8 heteroatoms. The Labute approximate surface area is 152 Å². The lowest BCUT2D eigenvalue weighted by atomic mass is 10.2. The van der Waals surface area contributed by atoms with Crippen molar-refractivity contribution in [3.63, 3.8) is 0 Å². The summed E-state index contributed by atoms with van der Waals surface area (Å²) >= 11 is 0. The number of nitrogens with one attached hydrogen (secondary N) is 1. The number of pyridine rings is 1. The van der Waals surface area contributed by atoms with Gasteiger partial charge in [0, 0.05) is 13.6 Å². The Bertz CT molecular complexity index is 964. The molecule has 0 aliphatic rings. The second-order valence-electron chi connectivity index (χ2n) is 6.00. The first-order valence-electron chi connectivity index (χ1n) is 8.03. The molecular formula is C18H20N4O3S. The molecule has 3 rings (SSSR count). The van der Waals surface area contributed by atoms with Gasteiger partial charge in [0.2, 0.25) is 0 Å². The van der Waals surface area contributed by atoms with Crippen molar-refractivity contribution in [3.8, 4) is 0 Å². The minimum atomic E-state index is -3.80. The summed E-state index contributed by atoms with van der Waals surface area (Å²) in [4.78, 5) is 6.30. The lowest BCUT2D eigenvalue weighted by Gasteiger charge is -2.19. The third kappa shape index (κ3) is 3.85. The SMILES string of the molecule is Cc1noc(C)c1S(=O)(=O)Nc1ccc(N(C)Cc2ccccc2)cn1. The van der Waals surface area contributed by atoms with Gasteiger partial charge in [0.25, 0.3) is 10.0 Å². The lowest BCUT2D eigenvalue weighted by Crippen LogP contribution is -2.18. The van der Waals surface area contributed by atoms with E-state index in [1.54, 1.807) is 26.1 Å². The first-order valence-corrected chi connectivity index (χ1v) is 9.52. The van der Waals surface area contributed by atoms with Crippen LogP contribution in [0.1, 0.15) is 17.0 Å². The van der Waals surface area contributed by atoms with Crippen molar-refractivity contribution in [1.29, 1.82) is 0 Å². The van der Waals surface area contributed by atoms with Crippen LogP contribution in [-0.2, 0) is 16.6 Å². The number of hydrogen-bond acceptors (Lipinski definition) is 6. The number of sulfonamides is 1. The van der Waals surface area contributed by atoms with Crippen LogP contribution < -0.4 is 9.62 Å². The molecule has 7 nitrogen and oxygen atoms in total. The van der Waals surface area contributed by atoms with Gasteiger partial charge in [0.1, 0.15) is 11.5 Å². The van der Waals surface area contributed by atoms with Crippen LogP contribution >= 0.6 is 0 Å². The standard InChI is InChI=1S/C18H20N4O3S/c1-13-18(14(2)25-20-13)26(23,24)21-17-10-9-16(11-19-17)22(3)12-15-7-5-4-6-8-15/h4-11H,12H2,1-3H3,(H,19,21). The predicted octanol–water partition coefficient (Wildman–Crippen LogP) is 3.12. The molecule has 0 aliphatic carbocycles. The van der Waals surface area contributed by atoms with E-state index in [0.29, 0.717) is 5.69 Å². The Morgan fingerprint density at radius 2 is 1.85 bits per heavy atom. The molecule has 0 aliphatic heterocycles. The van der Waals surface area contributed by atoms with Crippen LogP contribution in [0.3, 0.4) is 0 Å². The summed E-state index contributed by atoms with van der Waals surface area (Å²) in [5.74, 6) is 0.482. The highest BCUT2D eigenvalue weighted by molar-refractivity contribution is 7.92. The fourth-order valence-corrected chi connectivity index (χ4v) is 4.01. The number of anilines is 2. The normalized spacial score (nSPS) is 11.3. The van der Waals surface area contributed by atoms with Crippen LogP contribution in [0, 0.1) is 13.8 Å². The van der Waals surface area contributed by atoms with Gasteiger partial charge in [-0.2, -0.15) is 0 Å². The van der Waals surface area contributed by atoms with E-state index >= 15 is 0 Å². The Morgan fingerprint density at radius 1 is 1.12 bits per heavy atom. The highest BCUT2D eigenvalue weighted by Gasteiger charge is 2.24. The average Bonchev–Trinajstić information content (AvgIpc) is 2.95. The number of hydrogen-bond donors (Lipinski definition) is 1. The van der Waals surface area contributed by atoms with Gasteiger partial charge >= 0.3 is 0 Å². The van der Waals surface area contributed by atoms with E-state index in [4.69, 9.17) is 4.52 Å². The van der Waals surface area contributed by atoms with Crippen molar-refractivity contribution in [3.05, 3.63) is 65.7 Å². The number of benzene rings is 1. The molecule has 26 heavy (non-hydrogen) atoms. The van der Waals surface area contributed by atoms with E-state index in [0.717, 1.165) is 12.2 Å². The molecule has 1 N–H and O–H groups in total. The summed E-state index contributed by atoms with van der Waals surface area (Å²) in [5, 5.41) is 3.68. The van der Waals surface area contributed by atoms with Gasteiger partial charge < -0.3 is 9.42 Å². The Balaban J connectivity index is 1.73. The maximum absolute atomic E-state index is 12.5. The van der Waals surface area contributed by atoms with E-state index in [2.05, 4.69) is 27.0 Å². The van der Waals surface area contributed by atoms with Crippen LogP contribution in [-0.4, -0.2) is 25.6 Å². The maximum atomic E-state index is 12.5. The molecular weight excluding hydrogens is 352 g/mol. The van der Waals surface area contributed by atoms with E-state index < -0.39 is 10.0 Å². The van der Waals surface area contributed by atoms with Crippen LogP contribution in [0.25, 0.3) is 0 Å². The minimum absolute atomic E-state index is 0.0459. The van der Waals surface area contributed by atoms with Crippen LogP contribution in [0.15, 0.2) is 58.1 Å². The summed E-state index contributed by atoms with van der Waals surface area (Å²) in [6.45, 7) is 3.87. The predicted molar refractivity (Wildman–Crippen MR) is 99.6 cm³/mol. The number of nitrogens with zero attached hydrogens (tertiary/aromatic N) is 3. The fourth-order valence-electron chi connectivity index (χ4n) is 2.67. The highest BCUT2D eigenvalue weighted by Crippen LogP contribution is 2.22. The molecule has 2 heterocycles. The molecule has 0 saturated carbocycles. The lowest BCUT2D eigenvalue weighted by molar-refractivity contribution is 0.390. The molecule has 0 bridgehead atoms. The third-order valence-corrected chi connectivity index (χ3v) is 5.52. The first kappa shape index (κ1) is 17.9. The van der Waals surface area contributed by atoms with Crippen molar-refractivity contribution in [1.82, 2.24) is 10.1 Å². The monoisotopic (exact) mass is 372 g/mol. The maximum Gasteiger partial charge on any atom is 0.268 e. The minimum Gasteiger partial charge on any atom is -0.369 e. The van der Waals surface area contributed by atoms with Crippen molar-refractivity contribution >= 4 is 21.5 Å². The Hall–Kier alpha value is -2.87. The van der Waals surface area contributed by atoms with E-state index in [1.807, 2.05) is 36.2 Å². The fraction of sp³-hybridized carbons (Fsp3) is 0.222. The van der Waals surface area contributed by atoms with Gasteiger partial charge in [-0.25, -0.2) is 13.4 Å². The summed E-state index contributed by atoms with van der Waals surface area (Å²) in [7, 11) is -1.84. The molecule has 0 radical (unpaired) electrons. The molecule has 2 aromatic heterocycles. The van der Waals surface area contributed by atoms with E-state index in [-0.39, 0.29) is 16.5 Å². The van der Waals surface area contributed by atoms with Crippen molar-refractivity contribution < 1.29 is 12.9 Å². The van der Waals surface area contributed by atoms with Gasteiger partial charge in [-0.05, 0) is 31.5 Å². The third-order valence-electron chi connectivity index (χ3n) is 3.93. The second kappa shape index (κ2) is 7.17. The molecule has 0 spiro atoms. The van der Waals surface area contributed by atoms with Gasteiger partial charge in [-0.1, -0.05) is 35.5 Å². The highest BCUT2D eigenvalue weighted by atomic mass is 32.2. The first-order chi connectivity index (χ1) is 12.4. The summed E-state index contributed by atoms with van der Waals surface area (Å²) < 4.78 is 32.4. The Morgan fingerprint density at radius 3 is 2.42 bits per heavy atom. The molecule has 0 fully saturated rings. The zero-order chi connectivity index (χ0) is 18.7. The topological polar surface area (TPSA) is 88.3 Å². The number of rotatable bonds is 6. The molecule has 1 aromatic carbocycles. The van der Waals surface area contributed by atoms with E-state index in [9.17, 15) is 8.42 Å². The summed E-state index contributed by atoms with van der Waals surface area (Å²) in [6, 6.07) is 13.5. The molecule has 0 atom stereocenters. The summed E-state index contributed by atoms with van der Waals surface area (Å²) in [6.07, 6.45) is 1.63. The van der Waals surface area contributed by atoms with Crippen molar-refractivity contribution in [2.75, 3.05) is 16.7 Å². The molecule has 136 valence electrons. The van der Waals surface area contributed by atoms with Gasteiger partial charge in [-0.3, -0.25) is 4.72 Å². The largest absolute Gasteiger partial charge is 0.369 e. The second-order valence-corrected chi connectivity index (χ2v) is 7.62. The zero-order valence-corrected chi connectivity index (χ0v) is 15.6. The van der Waals surface area contributed by atoms with Crippen molar-refractivity contribution in [2.24, 2.45) is 0 Å². The van der Waals surface area contributed by atoms with Crippen LogP contribution in [0.4, 0.5) is 11.5 Å². The molecule has 0 saturated heterocycles. The molecule has 3 aromatic rings. The smallest absolute Gasteiger partial charge is 0.268 e.